The van der Waals surface area contributed by atoms with Crippen molar-refractivity contribution in [1.29, 1.82) is 0 Å². The molecule has 0 saturated heterocycles. The third kappa shape index (κ3) is 3.06. The lowest BCUT2D eigenvalue weighted by atomic mass is 10.2. The predicted octanol–water partition coefficient (Wildman–Crippen LogP) is 2.17. The Hall–Kier alpha value is -1.70. The fourth-order valence-electron chi connectivity index (χ4n) is 1.53. The van der Waals surface area contributed by atoms with Crippen molar-refractivity contribution >= 4 is 27.3 Å². The van der Waals surface area contributed by atoms with Crippen LogP contribution in [0.5, 0.6) is 0 Å². The highest BCUT2D eigenvalue weighted by atomic mass is 35.5. The van der Waals surface area contributed by atoms with E-state index in [-0.39, 0.29) is 21.3 Å². The fourth-order valence-corrected chi connectivity index (χ4v) is 2.69. The molecule has 0 saturated carbocycles. The Bertz CT molecular complexity index is 720. The van der Waals surface area contributed by atoms with Crippen molar-refractivity contribution in [3.8, 4) is 0 Å². The second kappa shape index (κ2) is 5.74. The van der Waals surface area contributed by atoms with Gasteiger partial charge in [-0.25, -0.2) is 17.8 Å². The zero-order chi connectivity index (χ0) is 14.8. The Morgan fingerprint density at radius 1 is 1.30 bits per heavy atom. The number of aromatic nitrogens is 1. The second-order valence-electron chi connectivity index (χ2n) is 3.85. The first-order valence-corrected chi connectivity index (χ1v) is 7.33. The van der Waals surface area contributed by atoms with E-state index in [1.54, 1.807) is 0 Å². The standard InChI is InChI=1S/C12H10ClFN2O3S/c13-11-5-4-9(6-15-11)20(18,19)16-12-8(7-17)2-1-3-10(12)14/h1-6,16-17H,7H2. The highest BCUT2D eigenvalue weighted by molar-refractivity contribution is 7.92. The Labute approximate surface area is 120 Å². The van der Waals surface area contributed by atoms with Crippen LogP contribution in [0.3, 0.4) is 0 Å². The van der Waals surface area contributed by atoms with E-state index >= 15 is 0 Å². The van der Waals surface area contributed by atoms with Crippen LogP contribution in [-0.2, 0) is 16.6 Å². The summed E-state index contributed by atoms with van der Waals surface area (Å²) in [5.41, 5.74) is -0.152. The normalized spacial score (nSPS) is 11.3. The number of rotatable bonds is 4. The largest absolute Gasteiger partial charge is 0.392 e. The van der Waals surface area contributed by atoms with E-state index < -0.39 is 22.4 Å². The van der Waals surface area contributed by atoms with E-state index in [1.165, 1.54) is 24.3 Å². The van der Waals surface area contributed by atoms with Gasteiger partial charge in [0.2, 0.25) is 0 Å². The Balaban J connectivity index is 2.41. The molecule has 1 heterocycles. The van der Waals surface area contributed by atoms with Gasteiger partial charge in [-0.15, -0.1) is 0 Å². The molecule has 0 spiro atoms. The average Bonchev–Trinajstić information content (AvgIpc) is 2.41. The van der Waals surface area contributed by atoms with Gasteiger partial charge in [0.25, 0.3) is 10.0 Å². The van der Waals surface area contributed by atoms with E-state index in [0.29, 0.717) is 0 Å². The van der Waals surface area contributed by atoms with Gasteiger partial charge in [-0.05, 0) is 18.2 Å². The van der Waals surface area contributed by atoms with Gasteiger partial charge in [0.05, 0.1) is 12.3 Å². The van der Waals surface area contributed by atoms with Crippen molar-refractivity contribution < 1.29 is 17.9 Å². The zero-order valence-corrected chi connectivity index (χ0v) is 11.6. The monoisotopic (exact) mass is 316 g/mol. The molecule has 1 aromatic carbocycles. The molecule has 0 radical (unpaired) electrons. The summed E-state index contributed by atoms with van der Waals surface area (Å²) in [6, 6.07) is 6.45. The number of para-hydroxylation sites is 1. The molecule has 0 atom stereocenters. The van der Waals surface area contributed by atoms with Crippen LogP contribution in [0, 0.1) is 5.82 Å². The van der Waals surface area contributed by atoms with Crippen LogP contribution in [0.1, 0.15) is 5.56 Å². The summed E-state index contributed by atoms with van der Waals surface area (Å²) >= 11 is 5.58. The number of halogens is 2. The number of benzene rings is 1. The first-order valence-electron chi connectivity index (χ1n) is 5.46. The van der Waals surface area contributed by atoms with E-state index in [1.807, 2.05) is 0 Å². The third-order valence-corrected chi connectivity index (χ3v) is 4.08. The molecule has 0 bridgehead atoms. The van der Waals surface area contributed by atoms with Gasteiger partial charge in [-0.3, -0.25) is 4.72 Å². The molecular weight excluding hydrogens is 307 g/mol. The van der Waals surface area contributed by atoms with Crippen molar-refractivity contribution in [1.82, 2.24) is 4.98 Å². The number of nitrogens with zero attached hydrogens (tertiary/aromatic N) is 1. The molecule has 8 heteroatoms. The number of aliphatic hydroxyl groups is 1. The summed E-state index contributed by atoms with van der Waals surface area (Å²) in [4.78, 5) is 3.50. The molecule has 1 aromatic heterocycles. The molecule has 0 fully saturated rings. The zero-order valence-electron chi connectivity index (χ0n) is 10.0. The lowest BCUT2D eigenvalue weighted by Gasteiger charge is -2.12. The summed E-state index contributed by atoms with van der Waals surface area (Å²) in [5.74, 6) is -0.776. The van der Waals surface area contributed by atoms with E-state index in [4.69, 9.17) is 16.7 Å². The van der Waals surface area contributed by atoms with E-state index in [0.717, 1.165) is 12.3 Å². The highest BCUT2D eigenvalue weighted by Crippen LogP contribution is 2.23. The minimum absolute atomic E-state index is 0.135. The first kappa shape index (κ1) is 14.7. The van der Waals surface area contributed by atoms with Crippen LogP contribution in [0.4, 0.5) is 10.1 Å². The molecule has 20 heavy (non-hydrogen) atoms. The van der Waals surface area contributed by atoms with Gasteiger partial charge >= 0.3 is 0 Å². The molecule has 5 nitrogen and oxygen atoms in total. The Morgan fingerprint density at radius 3 is 2.65 bits per heavy atom. The first-order chi connectivity index (χ1) is 9.44. The summed E-state index contributed by atoms with van der Waals surface area (Å²) in [6.45, 7) is -0.492. The Morgan fingerprint density at radius 2 is 2.05 bits per heavy atom. The van der Waals surface area contributed by atoms with Crippen molar-refractivity contribution in [2.75, 3.05) is 4.72 Å². The van der Waals surface area contributed by atoms with Crippen LogP contribution in [0.2, 0.25) is 5.15 Å². The van der Waals surface area contributed by atoms with E-state index in [2.05, 4.69) is 9.71 Å². The minimum Gasteiger partial charge on any atom is -0.392 e. The molecule has 0 unspecified atom stereocenters. The highest BCUT2D eigenvalue weighted by Gasteiger charge is 2.18. The third-order valence-electron chi connectivity index (χ3n) is 2.52. The van der Waals surface area contributed by atoms with Gasteiger partial charge in [-0.1, -0.05) is 23.7 Å². The van der Waals surface area contributed by atoms with Crippen LogP contribution >= 0.6 is 11.6 Å². The molecule has 0 aliphatic carbocycles. The SMILES string of the molecule is O=S(=O)(Nc1c(F)cccc1CO)c1ccc(Cl)nc1. The Kier molecular flexibility index (Phi) is 4.22. The average molecular weight is 317 g/mol. The quantitative estimate of drug-likeness (QED) is 0.847. The van der Waals surface area contributed by atoms with Crippen molar-refractivity contribution in [3.63, 3.8) is 0 Å². The smallest absolute Gasteiger partial charge is 0.263 e. The maximum absolute atomic E-state index is 13.7. The molecule has 0 amide bonds. The van der Waals surface area contributed by atoms with Crippen LogP contribution in [0.15, 0.2) is 41.4 Å². The molecule has 106 valence electrons. The van der Waals surface area contributed by atoms with E-state index in [9.17, 15) is 12.8 Å². The second-order valence-corrected chi connectivity index (χ2v) is 5.92. The molecular formula is C12H10ClFN2O3S. The number of hydrogen-bond donors (Lipinski definition) is 2. The molecule has 2 rings (SSSR count). The number of aliphatic hydroxyl groups excluding tert-OH is 1. The molecule has 2 aromatic rings. The maximum atomic E-state index is 13.7. The van der Waals surface area contributed by atoms with Gasteiger partial charge in [0, 0.05) is 11.8 Å². The molecule has 2 N–H and O–H groups in total. The van der Waals surface area contributed by atoms with Gasteiger partial charge in [-0.2, -0.15) is 0 Å². The number of sulfonamides is 1. The van der Waals surface area contributed by atoms with Crippen LogP contribution < -0.4 is 4.72 Å². The number of nitrogens with one attached hydrogen (secondary N) is 1. The summed E-state index contributed by atoms with van der Waals surface area (Å²) < 4.78 is 39.9. The summed E-state index contributed by atoms with van der Waals surface area (Å²) in [5, 5.41) is 9.26. The van der Waals surface area contributed by atoms with Crippen molar-refractivity contribution in [2.24, 2.45) is 0 Å². The minimum atomic E-state index is -4.01. The predicted molar refractivity (Wildman–Crippen MR) is 72.4 cm³/mol. The number of hydrogen-bond acceptors (Lipinski definition) is 4. The number of anilines is 1. The van der Waals surface area contributed by atoms with Crippen LogP contribution in [-0.4, -0.2) is 18.5 Å². The van der Waals surface area contributed by atoms with Crippen molar-refractivity contribution in [3.05, 3.63) is 53.1 Å². The summed E-state index contributed by atoms with van der Waals surface area (Å²) in [6.07, 6.45) is 1.06. The molecule has 0 aliphatic rings. The lowest BCUT2D eigenvalue weighted by Crippen LogP contribution is -2.15. The van der Waals surface area contributed by atoms with Gasteiger partial charge in [0.1, 0.15) is 15.9 Å². The van der Waals surface area contributed by atoms with Crippen molar-refractivity contribution in [2.45, 2.75) is 11.5 Å². The summed E-state index contributed by atoms with van der Waals surface area (Å²) in [7, 11) is -4.01. The lowest BCUT2D eigenvalue weighted by molar-refractivity contribution is 0.282. The van der Waals surface area contributed by atoms with Crippen LogP contribution in [0.25, 0.3) is 0 Å². The topological polar surface area (TPSA) is 79.3 Å². The maximum Gasteiger partial charge on any atom is 0.263 e. The van der Waals surface area contributed by atoms with Gasteiger partial charge in [0.15, 0.2) is 0 Å². The van der Waals surface area contributed by atoms with Gasteiger partial charge < -0.3 is 5.11 Å². The number of pyridine rings is 1. The fraction of sp³-hybridized carbons (Fsp3) is 0.0833. The molecule has 0 aliphatic heterocycles.